The van der Waals surface area contributed by atoms with Crippen molar-refractivity contribution >= 4 is 6.09 Å². The van der Waals surface area contributed by atoms with Gasteiger partial charge in [-0.2, -0.15) is 0 Å². The maximum absolute atomic E-state index is 11.6. The largest absolute Gasteiger partial charge is 0.445 e. The first-order valence-electron chi connectivity index (χ1n) is 8.58. The summed E-state index contributed by atoms with van der Waals surface area (Å²) in [5.74, 6) is 6.11. The Balaban J connectivity index is 1.35. The molecule has 1 aliphatic heterocycles. The van der Waals surface area contributed by atoms with Gasteiger partial charge in [-0.05, 0) is 17.7 Å². The highest BCUT2D eigenvalue weighted by atomic mass is 16.7. The summed E-state index contributed by atoms with van der Waals surface area (Å²) >= 11 is 0. The van der Waals surface area contributed by atoms with Gasteiger partial charge in [0.15, 0.2) is 6.29 Å². The molecule has 1 amide bonds. The fourth-order valence-electron chi connectivity index (χ4n) is 2.44. The van der Waals surface area contributed by atoms with Crippen LogP contribution in [0.1, 0.15) is 29.4 Å². The van der Waals surface area contributed by atoms with Crippen molar-refractivity contribution in [3.05, 3.63) is 71.3 Å². The van der Waals surface area contributed by atoms with Gasteiger partial charge in [-0.1, -0.05) is 54.3 Å². The van der Waals surface area contributed by atoms with Gasteiger partial charge in [0, 0.05) is 24.1 Å². The summed E-state index contributed by atoms with van der Waals surface area (Å²) in [6.45, 7) is 1.97. The van der Waals surface area contributed by atoms with E-state index in [9.17, 15) is 4.79 Å². The Kier molecular flexibility index (Phi) is 6.66. The van der Waals surface area contributed by atoms with E-state index in [-0.39, 0.29) is 12.9 Å². The lowest BCUT2D eigenvalue weighted by atomic mass is 10.1. The number of carbonyl (C=O) groups is 1. The second-order valence-corrected chi connectivity index (χ2v) is 5.74. The molecule has 2 aromatic carbocycles. The molecule has 5 nitrogen and oxygen atoms in total. The first kappa shape index (κ1) is 18.0. The number of hydrogen-bond acceptors (Lipinski definition) is 4. The van der Waals surface area contributed by atoms with E-state index in [1.807, 2.05) is 54.6 Å². The van der Waals surface area contributed by atoms with Crippen molar-refractivity contribution in [1.82, 2.24) is 5.32 Å². The average Bonchev–Trinajstić information content (AvgIpc) is 3.22. The van der Waals surface area contributed by atoms with E-state index in [0.717, 1.165) is 16.7 Å². The third kappa shape index (κ3) is 5.62. The molecule has 1 saturated heterocycles. The third-order valence-corrected chi connectivity index (χ3v) is 3.77. The molecule has 0 saturated carbocycles. The summed E-state index contributed by atoms with van der Waals surface area (Å²) in [6.07, 6.45) is -0.142. The van der Waals surface area contributed by atoms with Crippen LogP contribution in [0.15, 0.2) is 54.6 Å². The summed E-state index contributed by atoms with van der Waals surface area (Å²) < 4.78 is 16.0. The van der Waals surface area contributed by atoms with Gasteiger partial charge in [0.1, 0.15) is 6.61 Å². The quantitative estimate of drug-likeness (QED) is 0.663. The minimum atomic E-state index is -0.434. The Bertz CT molecular complexity index is 756. The van der Waals surface area contributed by atoms with Crippen molar-refractivity contribution in [2.45, 2.75) is 19.3 Å². The number of benzene rings is 2. The van der Waals surface area contributed by atoms with Crippen LogP contribution in [0.4, 0.5) is 4.79 Å². The van der Waals surface area contributed by atoms with Gasteiger partial charge >= 0.3 is 6.09 Å². The van der Waals surface area contributed by atoms with Crippen LogP contribution in [0.25, 0.3) is 0 Å². The highest BCUT2D eigenvalue weighted by Gasteiger charge is 2.17. The summed E-state index contributed by atoms with van der Waals surface area (Å²) in [6, 6.07) is 17.4. The van der Waals surface area contributed by atoms with Gasteiger partial charge in [-0.15, -0.1) is 0 Å². The van der Waals surface area contributed by atoms with Gasteiger partial charge in [-0.25, -0.2) is 4.79 Å². The predicted molar refractivity (Wildman–Crippen MR) is 97.2 cm³/mol. The lowest BCUT2D eigenvalue weighted by Gasteiger charge is -2.08. The Hall–Kier alpha value is -2.81. The summed E-state index contributed by atoms with van der Waals surface area (Å²) in [5, 5.41) is 2.69. The van der Waals surface area contributed by atoms with E-state index in [4.69, 9.17) is 14.2 Å². The number of carbonyl (C=O) groups excluding carboxylic acids is 1. The van der Waals surface area contributed by atoms with Crippen molar-refractivity contribution in [3.63, 3.8) is 0 Å². The molecular formula is C21H21NO4. The third-order valence-electron chi connectivity index (χ3n) is 3.77. The van der Waals surface area contributed by atoms with E-state index in [1.54, 1.807) is 0 Å². The molecule has 0 bridgehead atoms. The zero-order chi connectivity index (χ0) is 18.0. The van der Waals surface area contributed by atoms with E-state index >= 15 is 0 Å². The number of rotatable bonds is 5. The molecule has 134 valence electrons. The molecule has 1 fully saturated rings. The predicted octanol–water partition coefficient (Wildman–Crippen LogP) is 3.40. The van der Waals surface area contributed by atoms with Crippen LogP contribution in [-0.2, 0) is 20.8 Å². The van der Waals surface area contributed by atoms with Crippen LogP contribution in [0.2, 0.25) is 0 Å². The molecule has 0 aliphatic carbocycles. The number of alkyl carbamates (subject to hydrolysis) is 1. The smallest absolute Gasteiger partial charge is 0.407 e. The topological polar surface area (TPSA) is 56.8 Å². The second-order valence-electron chi connectivity index (χ2n) is 5.74. The van der Waals surface area contributed by atoms with Crippen molar-refractivity contribution in [3.8, 4) is 11.8 Å². The number of hydrogen-bond donors (Lipinski definition) is 1. The summed E-state index contributed by atoms with van der Waals surface area (Å²) in [7, 11) is 0. The molecular weight excluding hydrogens is 330 g/mol. The monoisotopic (exact) mass is 351 g/mol. The molecule has 2 aromatic rings. The van der Waals surface area contributed by atoms with Crippen LogP contribution >= 0.6 is 0 Å². The molecule has 0 spiro atoms. The average molecular weight is 351 g/mol. The Morgan fingerprint density at radius 2 is 1.81 bits per heavy atom. The number of nitrogens with one attached hydrogen (secondary N) is 1. The first-order chi connectivity index (χ1) is 12.8. The highest BCUT2D eigenvalue weighted by Crippen LogP contribution is 2.22. The van der Waals surface area contributed by atoms with Crippen molar-refractivity contribution in [2.24, 2.45) is 0 Å². The molecule has 1 N–H and O–H groups in total. The number of amides is 1. The SMILES string of the molecule is O=C(NCCC#Cc1ccc(C2OCCO2)cc1)OCc1ccccc1. The van der Waals surface area contributed by atoms with Crippen molar-refractivity contribution in [2.75, 3.05) is 19.8 Å². The summed E-state index contributed by atoms with van der Waals surface area (Å²) in [4.78, 5) is 11.6. The van der Waals surface area contributed by atoms with Crippen LogP contribution in [0.5, 0.6) is 0 Å². The number of ether oxygens (including phenoxy) is 3. The van der Waals surface area contributed by atoms with Crippen LogP contribution in [0.3, 0.4) is 0 Å². The lowest BCUT2D eigenvalue weighted by Crippen LogP contribution is -2.24. The Morgan fingerprint density at radius 1 is 1.08 bits per heavy atom. The van der Waals surface area contributed by atoms with Gasteiger partial charge in [0.05, 0.1) is 13.2 Å². The second kappa shape index (κ2) is 9.62. The van der Waals surface area contributed by atoms with E-state index < -0.39 is 6.09 Å². The van der Waals surface area contributed by atoms with E-state index in [1.165, 1.54) is 0 Å². The standard InChI is InChI=1S/C21H21NO4/c23-21(26-16-18-7-2-1-3-8-18)22-13-5-4-6-17-9-11-19(12-10-17)20-24-14-15-25-20/h1-3,7-12,20H,5,13-16H2,(H,22,23). The van der Waals surface area contributed by atoms with Crippen LogP contribution < -0.4 is 5.32 Å². The zero-order valence-corrected chi connectivity index (χ0v) is 14.4. The van der Waals surface area contributed by atoms with Crippen LogP contribution in [0, 0.1) is 11.8 Å². The summed E-state index contributed by atoms with van der Waals surface area (Å²) in [5.41, 5.74) is 2.87. The first-order valence-corrected chi connectivity index (χ1v) is 8.58. The highest BCUT2D eigenvalue weighted by molar-refractivity contribution is 5.67. The minimum Gasteiger partial charge on any atom is -0.445 e. The molecule has 5 heteroatoms. The molecule has 0 aromatic heterocycles. The van der Waals surface area contributed by atoms with E-state index in [0.29, 0.717) is 26.2 Å². The fourth-order valence-corrected chi connectivity index (χ4v) is 2.44. The van der Waals surface area contributed by atoms with Gasteiger partial charge in [0.2, 0.25) is 0 Å². The molecule has 0 atom stereocenters. The van der Waals surface area contributed by atoms with E-state index in [2.05, 4.69) is 17.2 Å². The van der Waals surface area contributed by atoms with Gasteiger partial charge in [0.25, 0.3) is 0 Å². The Labute approximate surface area is 153 Å². The van der Waals surface area contributed by atoms with Crippen molar-refractivity contribution in [1.29, 1.82) is 0 Å². The van der Waals surface area contributed by atoms with Crippen molar-refractivity contribution < 1.29 is 19.0 Å². The molecule has 1 aliphatic rings. The Morgan fingerprint density at radius 3 is 2.54 bits per heavy atom. The normalized spacial score (nSPS) is 13.7. The molecule has 26 heavy (non-hydrogen) atoms. The zero-order valence-electron chi connectivity index (χ0n) is 14.4. The molecule has 0 unspecified atom stereocenters. The minimum absolute atomic E-state index is 0.261. The fraction of sp³-hybridized carbons (Fsp3) is 0.286. The van der Waals surface area contributed by atoms with Crippen LogP contribution in [-0.4, -0.2) is 25.9 Å². The maximum atomic E-state index is 11.6. The molecule has 3 rings (SSSR count). The molecule has 1 heterocycles. The van der Waals surface area contributed by atoms with Gasteiger partial charge in [-0.3, -0.25) is 0 Å². The lowest BCUT2D eigenvalue weighted by molar-refractivity contribution is -0.0441. The molecule has 0 radical (unpaired) electrons. The maximum Gasteiger partial charge on any atom is 0.407 e. The van der Waals surface area contributed by atoms with Gasteiger partial charge < -0.3 is 19.5 Å².